The molecule has 92 valence electrons. The number of hydrogen-bond donors (Lipinski definition) is 1. The maximum Gasteiger partial charge on any atom is 0.276 e. The number of hydrogen-bond acceptors (Lipinski definition) is 4. The molecule has 0 saturated carbocycles. The van der Waals surface area contributed by atoms with Gasteiger partial charge in [-0.15, -0.1) is 0 Å². The second-order valence-electron chi connectivity index (χ2n) is 3.92. The topological polar surface area (TPSA) is 64.4 Å². The van der Waals surface area contributed by atoms with E-state index in [1.165, 1.54) is 6.07 Å². The molecule has 2 rings (SSSR count). The van der Waals surface area contributed by atoms with Crippen LogP contribution in [0.15, 0.2) is 18.2 Å². The smallest absolute Gasteiger partial charge is 0.276 e. The van der Waals surface area contributed by atoms with E-state index in [1.807, 2.05) is 0 Å². The van der Waals surface area contributed by atoms with Gasteiger partial charge in [0.1, 0.15) is 0 Å². The van der Waals surface area contributed by atoms with E-state index in [9.17, 15) is 10.1 Å². The molecule has 1 atom stereocenters. The fourth-order valence-electron chi connectivity index (χ4n) is 1.83. The molecule has 1 unspecified atom stereocenters. The zero-order chi connectivity index (χ0) is 12.3. The van der Waals surface area contributed by atoms with Crippen molar-refractivity contribution in [1.29, 1.82) is 0 Å². The lowest BCUT2D eigenvalue weighted by atomic mass is 10.2. The lowest BCUT2D eigenvalue weighted by Crippen LogP contribution is -2.16. The highest BCUT2D eigenvalue weighted by molar-refractivity contribution is 6.31. The van der Waals surface area contributed by atoms with Crippen LogP contribution in [0.4, 0.5) is 5.69 Å². The standard InChI is InChI=1S/C11H13ClN2O3/c12-10-2-1-3-11(14(15)16)9(10)7-17-8-4-5-13-6-8/h1-3,8,13H,4-7H2. The molecular formula is C11H13ClN2O3. The van der Waals surface area contributed by atoms with Crippen LogP contribution >= 0.6 is 11.6 Å². The summed E-state index contributed by atoms with van der Waals surface area (Å²) < 4.78 is 5.61. The van der Waals surface area contributed by atoms with Crippen LogP contribution in [-0.4, -0.2) is 24.1 Å². The molecule has 0 bridgehead atoms. The number of nitrogens with zero attached hydrogens (tertiary/aromatic N) is 1. The first-order valence-electron chi connectivity index (χ1n) is 5.42. The normalized spacial score (nSPS) is 19.5. The summed E-state index contributed by atoms with van der Waals surface area (Å²) in [5, 5.41) is 14.4. The second-order valence-corrected chi connectivity index (χ2v) is 4.33. The van der Waals surface area contributed by atoms with Gasteiger partial charge in [0.05, 0.1) is 28.2 Å². The van der Waals surface area contributed by atoms with Crippen molar-refractivity contribution in [1.82, 2.24) is 5.32 Å². The van der Waals surface area contributed by atoms with Crippen molar-refractivity contribution >= 4 is 17.3 Å². The summed E-state index contributed by atoms with van der Waals surface area (Å²) in [4.78, 5) is 10.4. The average Bonchev–Trinajstić information content (AvgIpc) is 2.80. The van der Waals surface area contributed by atoms with Gasteiger partial charge in [0, 0.05) is 12.6 Å². The maximum atomic E-state index is 10.8. The van der Waals surface area contributed by atoms with Gasteiger partial charge in [-0.1, -0.05) is 17.7 Å². The van der Waals surface area contributed by atoms with E-state index in [-0.39, 0.29) is 18.4 Å². The zero-order valence-electron chi connectivity index (χ0n) is 9.19. The lowest BCUT2D eigenvalue weighted by Gasteiger charge is -2.11. The van der Waals surface area contributed by atoms with Crippen molar-refractivity contribution in [2.45, 2.75) is 19.1 Å². The van der Waals surface area contributed by atoms with Gasteiger partial charge in [-0.2, -0.15) is 0 Å². The van der Waals surface area contributed by atoms with Gasteiger partial charge in [-0.3, -0.25) is 10.1 Å². The Kier molecular flexibility index (Phi) is 3.93. The summed E-state index contributed by atoms with van der Waals surface area (Å²) >= 11 is 5.96. The van der Waals surface area contributed by atoms with Crippen LogP contribution in [0.5, 0.6) is 0 Å². The van der Waals surface area contributed by atoms with E-state index in [1.54, 1.807) is 12.1 Å². The molecule has 1 heterocycles. The van der Waals surface area contributed by atoms with Crippen molar-refractivity contribution in [2.24, 2.45) is 0 Å². The first kappa shape index (κ1) is 12.3. The third-order valence-electron chi connectivity index (χ3n) is 2.77. The SMILES string of the molecule is O=[N+]([O-])c1cccc(Cl)c1COC1CCNC1. The Balaban J connectivity index is 2.10. The van der Waals surface area contributed by atoms with Gasteiger partial charge in [-0.25, -0.2) is 0 Å². The van der Waals surface area contributed by atoms with E-state index in [0.29, 0.717) is 10.6 Å². The highest BCUT2D eigenvalue weighted by Gasteiger charge is 2.20. The Morgan fingerprint density at radius 3 is 3.06 bits per heavy atom. The van der Waals surface area contributed by atoms with Crippen LogP contribution in [0.1, 0.15) is 12.0 Å². The Bertz CT molecular complexity index is 419. The Hall–Kier alpha value is -1.17. The summed E-state index contributed by atoms with van der Waals surface area (Å²) in [6.45, 7) is 1.90. The molecule has 1 fully saturated rings. The number of ether oxygens (including phenoxy) is 1. The summed E-state index contributed by atoms with van der Waals surface area (Å²) in [6, 6.07) is 4.65. The van der Waals surface area contributed by atoms with Crippen molar-refractivity contribution in [2.75, 3.05) is 13.1 Å². The molecule has 1 aromatic carbocycles. The third kappa shape index (κ3) is 2.94. The largest absolute Gasteiger partial charge is 0.372 e. The molecule has 0 spiro atoms. The summed E-state index contributed by atoms with van der Waals surface area (Å²) in [7, 11) is 0. The molecule has 0 aliphatic carbocycles. The van der Waals surface area contributed by atoms with Gasteiger partial charge in [0.25, 0.3) is 5.69 Å². The van der Waals surface area contributed by atoms with E-state index in [2.05, 4.69) is 5.32 Å². The number of halogens is 1. The highest BCUT2D eigenvalue weighted by atomic mass is 35.5. The van der Waals surface area contributed by atoms with E-state index < -0.39 is 4.92 Å². The number of rotatable bonds is 4. The Labute approximate surface area is 104 Å². The zero-order valence-corrected chi connectivity index (χ0v) is 9.94. The summed E-state index contributed by atoms with van der Waals surface area (Å²) in [6.07, 6.45) is 1.05. The molecular weight excluding hydrogens is 244 g/mol. The van der Waals surface area contributed by atoms with E-state index in [0.717, 1.165) is 19.5 Å². The van der Waals surface area contributed by atoms with Gasteiger partial charge in [0.15, 0.2) is 0 Å². The molecule has 1 N–H and O–H groups in total. The van der Waals surface area contributed by atoms with Crippen LogP contribution in [0.2, 0.25) is 5.02 Å². The minimum absolute atomic E-state index is 0.0171. The van der Waals surface area contributed by atoms with E-state index >= 15 is 0 Å². The van der Waals surface area contributed by atoms with Gasteiger partial charge in [0.2, 0.25) is 0 Å². The monoisotopic (exact) mass is 256 g/mol. The van der Waals surface area contributed by atoms with E-state index in [4.69, 9.17) is 16.3 Å². The molecule has 6 heteroatoms. The number of nitro groups is 1. The predicted octanol–water partition coefficient (Wildman–Crippen LogP) is 2.13. The van der Waals surface area contributed by atoms with Crippen LogP contribution in [0.25, 0.3) is 0 Å². The Morgan fingerprint density at radius 2 is 2.41 bits per heavy atom. The fraction of sp³-hybridized carbons (Fsp3) is 0.455. The molecule has 17 heavy (non-hydrogen) atoms. The molecule has 1 aliphatic heterocycles. The predicted molar refractivity (Wildman–Crippen MR) is 64.2 cm³/mol. The molecule has 0 aromatic heterocycles. The summed E-state index contributed by atoms with van der Waals surface area (Å²) in [5.41, 5.74) is 0.467. The van der Waals surface area contributed by atoms with Crippen molar-refractivity contribution in [3.05, 3.63) is 38.9 Å². The molecule has 1 saturated heterocycles. The second kappa shape index (κ2) is 5.44. The van der Waals surface area contributed by atoms with Crippen molar-refractivity contribution < 1.29 is 9.66 Å². The van der Waals surface area contributed by atoms with Crippen LogP contribution in [0, 0.1) is 10.1 Å². The first-order valence-corrected chi connectivity index (χ1v) is 5.80. The van der Waals surface area contributed by atoms with Crippen molar-refractivity contribution in [3.8, 4) is 0 Å². The third-order valence-corrected chi connectivity index (χ3v) is 3.12. The molecule has 1 aliphatic rings. The molecule has 0 radical (unpaired) electrons. The van der Waals surface area contributed by atoms with Crippen molar-refractivity contribution in [3.63, 3.8) is 0 Å². The highest BCUT2D eigenvalue weighted by Crippen LogP contribution is 2.27. The van der Waals surface area contributed by atoms with Crippen LogP contribution in [0.3, 0.4) is 0 Å². The fourth-order valence-corrected chi connectivity index (χ4v) is 2.06. The minimum Gasteiger partial charge on any atom is -0.372 e. The molecule has 0 amide bonds. The molecule has 1 aromatic rings. The summed E-state index contributed by atoms with van der Waals surface area (Å²) in [5.74, 6) is 0. The van der Waals surface area contributed by atoms with Gasteiger partial charge < -0.3 is 10.1 Å². The van der Waals surface area contributed by atoms with Crippen LogP contribution in [-0.2, 0) is 11.3 Å². The quantitative estimate of drug-likeness (QED) is 0.662. The van der Waals surface area contributed by atoms with Gasteiger partial charge in [-0.05, 0) is 19.0 Å². The van der Waals surface area contributed by atoms with Gasteiger partial charge >= 0.3 is 0 Å². The van der Waals surface area contributed by atoms with Crippen LogP contribution < -0.4 is 5.32 Å². The maximum absolute atomic E-state index is 10.8. The molecule has 5 nitrogen and oxygen atoms in total. The minimum atomic E-state index is -0.433. The number of benzene rings is 1. The lowest BCUT2D eigenvalue weighted by molar-refractivity contribution is -0.386. The Morgan fingerprint density at radius 1 is 1.59 bits per heavy atom. The average molecular weight is 257 g/mol. The number of nitrogens with one attached hydrogen (secondary N) is 1. The number of nitro benzene ring substituents is 1. The first-order chi connectivity index (χ1) is 8.18.